The van der Waals surface area contributed by atoms with Crippen LogP contribution in [0.3, 0.4) is 0 Å². The van der Waals surface area contributed by atoms with Crippen LogP contribution in [0.5, 0.6) is 0 Å². The first-order chi connectivity index (χ1) is 22.5. The van der Waals surface area contributed by atoms with E-state index in [1.165, 1.54) is 20.2 Å². The predicted octanol–water partition coefficient (Wildman–Crippen LogP) is 1.29. The standard InChI is InChI=1S/C33H57N7O7S/c1-9-14-23(28(41)30(43)34-17-10-2)36-29(42)27-25-22(33(25,5)6)19-40(27)31(44)26(21-15-12-11-13-16-21)38-32(45)37-24(20(3)4)18-35-48(46,47)39(7)8/h10,20-27,35H,2,9,11-19H2,1,3-8H3,(H,34,43)(H,36,42)(H2,37,38,45)/t22-,23?,24+,25-,26-,27-/m0/s1. The summed E-state index contributed by atoms with van der Waals surface area (Å²) >= 11 is 0. The van der Waals surface area contributed by atoms with Crippen molar-refractivity contribution in [1.82, 2.24) is 35.2 Å². The maximum absolute atomic E-state index is 14.5. The van der Waals surface area contributed by atoms with Crippen molar-refractivity contribution >= 4 is 39.7 Å². The highest BCUT2D eigenvalue weighted by molar-refractivity contribution is 7.87. The Morgan fingerprint density at radius 2 is 1.67 bits per heavy atom. The van der Waals surface area contributed by atoms with Gasteiger partial charge in [-0.1, -0.05) is 66.4 Å². The second kappa shape index (κ2) is 16.6. The topological polar surface area (TPSA) is 186 Å². The molecular weight excluding hydrogens is 638 g/mol. The lowest BCUT2D eigenvalue weighted by atomic mass is 9.83. The van der Waals surface area contributed by atoms with Gasteiger partial charge in [-0.3, -0.25) is 19.2 Å². The van der Waals surface area contributed by atoms with Crippen LogP contribution < -0.4 is 26.0 Å². The largest absolute Gasteiger partial charge is 0.346 e. The third-order valence-corrected chi connectivity index (χ3v) is 11.9. The van der Waals surface area contributed by atoms with Crippen LogP contribution in [0.2, 0.25) is 0 Å². The number of carbonyl (C=O) groups is 5. The molecular formula is C33H57N7O7S. The molecule has 1 heterocycles. The molecule has 1 unspecified atom stereocenters. The van der Waals surface area contributed by atoms with Gasteiger partial charge in [0.15, 0.2) is 0 Å². The number of likely N-dealkylation sites (tertiary alicyclic amines) is 1. The van der Waals surface area contributed by atoms with Gasteiger partial charge in [-0.2, -0.15) is 12.7 Å². The normalized spacial score (nSPS) is 23.9. The molecule has 2 saturated carbocycles. The second-order valence-electron chi connectivity index (χ2n) is 14.6. The first-order valence-corrected chi connectivity index (χ1v) is 18.7. The van der Waals surface area contributed by atoms with Gasteiger partial charge in [0.05, 0.1) is 6.04 Å². The van der Waals surface area contributed by atoms with Crippen LogP contribution in [0.4, 0.5) is 4.79 Å². The Bertz CT molecular complexity index is 1310. The number of nitrogens with one attached hydrogen (secondary N) is 5. The van der Waals surface area contributed by atoms with Gasteiger partial charge < -0.3 is 26.2 Å². The third-order valence-electron chi connectivity index (χ3n) is 10.4. The summed E-state index contributed by atoms with van der Waals surface area (Å²) in [6.07, 6.45) is 6.61. The fourth-order valence-electron chi connectivity index (χ4n) is 7.19. The number of rotatable bonds is 17. The van der Waals surface area contributed by atoms with Crippen molar-refractivity contribution in [2.24, 2.45) is 29.1 Å². The summed E-state index contributed by atoms with van der Waals surface area (Å²) in [5.41, 5.74) is -0.195. The zero-order valence-electron chi connectivity index (χ0n) is 29.6. The molecule has 272 valence electrons. The summed E-state index contributed by atoms with van der Waals surface area (Å²) in [6, 6.07) is -3.95. The highest BCUT2D eigenvalue weighted by Gasteiger charge is 2.69. The van der Waals surface area contributed by atoms with E-state index in [0.717, 1.165) is 36.4 Å². The van der Waals surface area contributed by atoms with E-state index in [-0.39, 0.29) is 54.5 Å². The average Bonchev–Trinajstić information content (AvgIpc) is 3.34. The minimum atomic E-state index is -3.71. The first kappa shape index (κ1) is 39.4. The second-order valence-corrected chi connectivity index (χ2v) is 16.6. The Labute approximate surface area is 286 Å². The molecule has 1 saturated heterocycles. The smallest absolute Gasteiger partial charge is 0.315 e. The summed E-state index contributed by atoms with van der Waals surface area (Å²) < 4.78 is 28.2. The van der Waals surface area contributed by atoms with Gasteiger partial charge in [-0.25, -0.2) is 9.52 Å². The number of ketones is 1. The number of fused-ring (bicyclic) bond motifs is 1. The van der Waals surface area contributed by atoms with E-state index in [0.29, 0.717) is 13.0 Å². The highest BCUT2D eigenvalue weighted by Crippen LogP contribution is 2.65. The van der Waals surface area contributed by atoms with Crippen LogP contribution >= 0.6 is 0 Å². The number of nitrogens with zero attached hydrogens (tertiary/aromatic N) is 2. The van der Waals surface area contributed by atoms with E-state index < -0.39 is 58.0 Å². The van der Waals surface area contributed by atoms with E-state index in [1.807, 2.05) is 20.8 Å². The van der Waals surface area contributed by atoms with Crippen molar-refractivity contribution < 1.29 is 32.4 Å². The molecule has 5 amide bonds. The van der Waals surface area contributed by atoms with Crippen molar-refractivity contribution in [3.05, 3.63) is 12.7 Å². The fraction of sp³-hybridized carbons (Fsp3) is 0.788. The molecule has 0 aromatic heterocycles. The van der Waals surface area contributed by atoms with Crippen molar-refractivity contribution in [2.75, 3.05) is 33.7 Å². The Hall–Kier alpha value is -3.04. The average molecular weight is 696 g/mol. The molecule has 5 N–H and O–H groups in total. The summed E-state index contributed by atoms with van der Waals surface area (Å²) in [4.78, 5) is 68.9. The van der Waals surface area contributed by atoms with Crippen LogP contribution in [0, 0.1) is 29.1 Å². The number of hydrogen-bond donors (Lipinski definition) is 5. The van der Waals surface area contributed by atoms with Crippen LogP contribution in [-0.2, 0) is 29.4 Å². The van der Waals surface area contributed by atoms with Crippen LogP contribution in [-0.4, -0.2) is 105 Å². The number of hydrogen-bond acceptors (Lipinski definition) is 7. The zero-order chi connectivity index (χ0) is 36.0. The molecule has 15 heteroatoms. The molecule has 14 nitrogen and oxygen atoms in total. The molecule has 1 aliphatic heterocycles. The number of Topliss-reactive ketones (excluding diaryl/α,β-unsaturated/α-hetero) is 1. The van der Waals surface area contributed by atoms with Gasteiger partial charge in [0.2, 0.25) is 17.6 Å². The minimum Gasteiger partial charge on any atom is -0.346 e. The molecule has 0 radical (unpaired) electrons. The molecule has 0 spiro atoms. The summed E-state index contributed by atoms with van der Waals surface area (Å²) in [7, 11) is -0.894. The SMILES string of the molecule is C=CCNC(=O)C(=O)C(CCC)NC(=O)[C@@H]1[C@@H]2[C@H](CN1C(=O)[C@@H](NC(=O)N[C@H](CNS(=O)(=O)N(C)C)C(C)C)C1CCCCC1)C2(C)C. The van der Waals surface area contributed by atoms with Gasteiger partial charge >= 0.3 is 6.03 Å². The molecule has 3 aliphatic rings. The van der Waals surface area contributed by atoms with Crippen molar-refractivity contribution in [3.63, 3.8) is 0 Å². The Balaban J connectivity index is 1.83. The molecule has 0 bridgehead atoms. The lowest BCUT2D eigenvalue weighted by Crippen LogP contribution is -2.61. The predicted molar refractivity (Wildman–Crippen MR) is 183 cm³/mol. The van der Waals surface area contributed by atoms with Gasteiger partial charge in [0.25, 0.3) is 16.1 Å². The number of piperidine rings is 1. The number of urea groups is 1. The Morgan fingerprint density at radius 1 is 1.02 bits per heavy atom. The van der Waals surface area contributed by atoms with E-state index in [4.69, 9.17) is 0 Å². The molecule has 3 rings (SSSR count). The van der Waals surface area contributed by atoms with Crippen LogP contribution in [0.15, 0.2) is 12.7 Å². The third kappa shape index (κ3) is 9.35. The number of amides is 5. The summed E-state index contributed by atoms with van der Waals surface area (Å²) in [5, 5.41) is 11.1. The lowest BCUT2D eigenvalue weighted by molar-refractivity contribution is -0.144. The molecule has 6 atom stereocenters. The molecule has 3 fully saturated rings. The van der Waals surface area contributed by atoms with E-state index in [1.54, 1.807) is 4.90 Å². The van der Waals surface area contributed by atoms with Gasteiger partial charge in [-0.15, -0.1) is 6.58 Å². The molecule has 48 heavy (non-hydrogen) atoms. The summed E-state index contributed by atoms with van der Waals surface area (Å²) in [6.45, 7) is 13.7. The van der Waals surface area contributed by atoms with E-state index in [2.05, 4.69) is 46.4 Å². The van der Waals surface area contributed by atoms with Crippen molar-refractivity contribution in [1.29, 1.82) is 0 Å². The van der Waals surface area contributed by atoms with Gasteiger partial charge in [0.1, 0.15) is 12.1 Å². The lowest BCUT2D eigenvalue weighted by Gasteiger charge is -2.37. The van der Waals surface area contributed by atoms with Crippen LogP contribution in [0.1, 0.15) is 79.6 Å². The summed E-state index contributed by atoms with van der Waals surface area (Å²) in [5.74, 6) is -2.71. The molecule has 0 aromatic rings. The first-order valence-electron chi connectivity index (χ1n) is 17.3. The zero-order valence-corrected chi connectivity index (χ0v) is 30.5. The minimum absolute atomic E-state index is 0.0380. The van der Waals surface area contributed by atoms with Gasteiger partial charge in [0, 0.05) is 39.8 Å². The van der Waals surface area contributed by atoms with Crippen molar-refractivity contribution in [2.45, 2.75) is 104 Å². The van der Waals surface area contributed by atoms with Gasteiger partial charge in [-0.05, 0) is 48.3 Å². The quantitative estimate of drug-likeness (QED) is 0.112. The number of carbonyl (C=O) groups excluding carboxylic acids is 5. The maximum Gasteiger partial charge on any atom is 0.315 e. The fourth-order valence-corrected chi connectivity index (χ4v) is 7.84. The van der Waals surface area contributed by atoms with E-state index in [9.17, 15) is 32.4 Å². The maximum atomic E-state index is 14.5. The highest BCUT2D eigenvalue weighted by atomic mass is 32.2. The molecule has 0 aromatic carbocycles. The molecule has 2 aliphatic carbocycles. The Morgan fingerprint density at radius 3 is 2.23 bits per heavy atom. The Kier molecular flexibility index (Phi) is 13.6. The van der Waals surface area contributed by atoms with E-state index >= 15 is 0 Å². The van der Waals surface area contributed by atoms with Crippen LogP contribution in [0.25, 0.3) is 0 Å². The monoisotopic (exact) mass is 695 g/mol. The van der Waals surface area contributed by atoms with Crippen molar-refractivity contribution in [3.8, 4) is 0 Å².